The summed E-state index contributed by atoms with van der Waals surface area (Å²) in [5.41, 5.74) is 13.8. The summed E-state index contributed by atoms with van der Waals surface area (Å²) in [6.45, 7) is 4.91. The molecular formula is C80H67F12N19O7. The van der Waals surface area contributed by atoms with Gasteiger partial charge in [0.05, 0.1) is 56.0 Å². The number of imidazole rings is 3. The highest BCUT2D eigenvalue weighted by Gasteiger charge is 2.37. The van der Waals surface area contributed by atoms with E-state index < -0.39 is 70.8 Å². The summed E-state index contributed by atoms with van der Waals surface area (Å²) < 4.78 is 184. The number of benzene rings is 3. The molecule has 38 heteroatoms. The lowest BCUT2D eigenvalue weighted by Gasteiger charge is -2.16. The minimum Gasteiger partial charge on any atom is -0.493 e. The molecule has 15 rings (SSSR count). The van der Waals surface area contributed by atoms with Crippen LogP contribution < -0.4 is 52.3 Å². The zero-order chi connectivity index (χ0) is 84.5. The van der Waals surface area contributed by atoms with Crippen molar-refractivity contribution in [2.24, 2.45) is 11.5 Å². The third-order valence-corrected chi connectivity index (χ3v) is 18.9. The minimum atomic E-state index is -4.67. The predicted molar refractivity (Wildman–Crippen MR) is 406 cm³/mol. The molecule has 0 bridgehead atoms. The number of aryl methyl sites for hydroxylation is 2. The monoisotopic (exact) mass is 1630 g/mol. The van der Waals surface area contributed by atoms with Crippen molar-refractivity contribution < 1.29 is 86.4 Å². The lowest BCUT2D eigenvalue weighted by atomic mass is 9.99. The van der Waals surface area contributed by atoms with Gasteiger partial charge in [0.15, 0.2) is 17.1 Å². The first-order chi connectivity index (χ1) is 56.5. The Hall–Kier alpha value is -14.1. The zero-order valence-electron chi connectivity index (χ0n) is 62.2. The van der Waals surface area contributed by atoms with Crippen molar-refractivity contribution in [3.05, 3.63) is 212 Å². The topological polar surface area (TPSA) is 341 Å². The van der Waals surface area contributed by atoms with Gasteiger partial charge < -0.3 is 57.4 Å². The average molecular weight is 1630 g/mol. The Balaban J connectivity index is 0.000000159. The molecular weight excluding hydrogens is 1570 g/mol. The van der Waals surface area contributed by atoms with Crippen LogP contribution in [-0.2, 0) is 76.8 Å². The number of nitrogens with zero attached hydrogens (tertiary/aromatic N) is 12. The Morgan fingerprint density at radius 3 is 1.06 bits per heavy atom. The molecule has 0 saturated carbocycles. The molecule has 0 radical (unpaired) electrons. The molecule has 0 spiro atoms. The Kier molecular flexibility index (Phi) is 25.0. The molecule has 3 aromatic carbocycles. The van der Waals surface area contributed by atoms with Crippen LogP contribution in [0, 0.1) is 54.5 Å². The summed E-state index contributed by atoms with van der Waals surface area (Å²) in [6, 6.07) is 11.5. The number of carboxylic acid groups (broad SMARTS) is 1. The molecule has 12 heterocycles. The van der Waals surface area contributed by atoms with Gasteiger partial charge in [-0.05, 0) is 84.1 Å². The van der Waals surface area contributed by atoms with Gasteiger partial charge in [-0.1, -0.05) is 31.6 Å². The third-order valence-electron chi connectivity index (χ3n) is 18.9. The summed E-state index contributed by atoms with van der Waals surface area (Å²) in [5, 5.41) is 24.0. The number of halogens is 12. The second-order valence-corrected chi connectivity index (χ2v) is 25.9. The summed E-state index contributed by atoms with van der Waals surface area (Å²) in [6.07, 6.45) is 14.8. The number of nitrogens with one attached hydrogen (secondary N) is 5. The van der Waals surface area contributed by atoms with E-state index in [0.29, 0.717) is 107 Å². The van der Waals surface area contributed by atoms with E-state index in [1.165, 1.54) is 69.0 Å². The van der Waals surface area contributed by atoms with Crippen molar-refractivity contribution in [2.45, 2.75) is 90.7 Å². The normalized spacial score (nSPS) is 12.5. The highest BCUT2D eigenvalue weighted by atomic mass is 19.4. The summed E-state index contributed by atoms with van der Waals surface area (Å²) in [4.78, 5) is 74.1. The quantitative estimate of drug-likeness (QED) is 0.0259. The van der Waals surface area contributed by atoms with Gasteiger partial charge in [0.25, 0.3) is 11.8 Å². The highest BCUT2D eigenvalue weighted by Crippen LogP contribution is 2.41. The van der Waals surface area contributed by atoms with Crippen LogP contribution in [0.5, 0.6) is 17.2 Å². The van der Waals surface area contributed by atoms with Crippen LogP contribution in [0.15, 0.2) is 111 Å². The Bertz CT molecular complexity index is 5760. The van der Waals surface area contributed by atoms with Crippen LogP contribution in [0.3, 0.4) is 0 Å². The lowest BCUT2D eigenvalue weighted by Crippen LogP contribution is -2.24. The molecule has 12 aromatic rings. The van der Waals surface area contributed by atoms with Gasteiger partial charge in [-0.25, -0.2) is 47.9 Å². The van der Waals surface area contributed by atoms with E-state index in [4.69, 9.17) is 38.5 Å². The number of anilines is 3. The number of hydrogen-bond donors (Lipinski definition) is 8. The fourth-order valence-corrected chi connectivity index (χ4v) is 13.4. The molecule has 0 saturated heterocycles. The lowest BCUT2D eigenvalue weighted by molar-refractivity contribution is -0.142. The van der Waals surface area contributed by atoms with Gasteiger partial charge in [-0.3, -0.25) is 37.7 Å². The van der Waals surface area contributed by atoms with Crippen LogP contribution >= 0.6 is 0 Å². The van der Waals surface area contributed by atoms with Crippen molar-refractivity contribution in [1.29, 1.82) is 0 Å². The fraction of sp³-hybridized carbons (Fsp3) is 0.250. The average Bonchev–Trinajstić information content (AvgIpc) is 1.55. The van der Waals surface area contributed by atoms with E-state index in [9.17, 15) is 72.2 Å². The molecule has 0 aliphatic carbocycles. The number of aromatic carboxylic acids is 1. The van der Waals surface area contributed by atoms with Crippen molar-refractivity contribution in [3.8, 4) is 87.7 Å². The van der Waals surface area contributed by atoms with Gasteiger partial charge in [0.1, 0.15) is 70.8 Å². The predicted octanol–water partition coefficient (Wildman–Crippen LogP) is 12.1. The Morgan fingerprint density at radius 1 is 0.458 bits per heavy atom. The first-order valence-electron chi connectivity index (χ1n) is 35.8. The molecule has 10 N–H and O–H groups in total. The molecule has 118 heavy (non-hydrogen) atoms. The van der Waals surface area contributed by atoms with Crippen molar-refractivity contribution in [3.63, 3.8) is 0 Å². The number of rotatable bonds is 20. The number of hydrogen-bond acceptors (Lipinski definition) is 20. The van der Waals surface area contributed by atoms with E-state index in [1.807, 2.05) is 0 Å². The number of pyridine rings is 3. The van der Waals surface area contributed by atoms with Crippen LogP contribution in [0.25, 0.3) is 49.9 Å². The number of carbonyl (C=O) groups is 3. The number of nitrogens with two attached hydrogens (primary N) is 2. The van der Waals surface area contributed by atoms with Crippen LogP contribution in [0.2, 0.25) is 0 Å². The van der Waals surface area contributed by atoms with Crippen LogP contribution in [0.4, 0.5) is 70.5 Å². The van der Waals surface area contributed by atoms with E-state index in [-0.39, 0.29) is 126 Å². The number of amides is 2. The fourth-order valence-electron chi connectivity index (χ4n) is 13.4. The molecule has 26 nitrogen and oxygen atoms in total. The van der Waals surface area contributed by atoms with E-state index >= 15 is 0 Å². The van der Waals surface area contributed by atoms with Gasteiger partial charge in [-0.15, -0.1) is 19.3 Å². The second kappa shape index (κ2) is 35.4. The van der Waals surface area contributed by atoms with E-state index in [1.54, 1.807) is 32.0 Å². The molecule has 2 amide bonds. The molecule has 0 fully saturated rings. The smallest absolute Gasteiger partial charge is 0.433 e. The van der Waals surface area contributed by atoms with Crippen LogP contribution in [-0.4, -0.2) is 120 Å². The zero-order valence-corrected chi connectivity index (χ0v) is 62.2. The maximum Gasteiger partial charge on any atom is 0.433 e. The summed E-state index contributed by atoms with van der Waals surface area (Å²) in [5.74, 6) is 5.57. The number of aromatic nitrogens is 12. The van der Waals surface area contributed by atoms with Crippen molar-refractivity contribution >= 4 is 52.2 Å². The number of alkyl halides is 9. The maximum absolute atomic E-state index is 14.7. The highest BCUT2D eigenvalue weighted by molar-refractivity contribution is 6.05. The number of fused-ring (bicyclic) bond motifs is 6. The molecule has 0 unspecified atom stereocenters. The van der Waals surface area contributed by atoms with E-state index in [0.717, 1.165) is 53.5 Å². The first kappa shape index (κ1) is 83.4. The SMILES string of the molecule is C#CCN.C#CCNC(=O)c1ncn2c(NCc3c(F)ccc4c3CCO4)ncc(-c3cnc(C(F)(F)F)cc3CC)c12.C#CCNC(=O)c1ncn2c(NCc3c(F)ccc4c3CCO4)ncc(-c3cnc(C(F)(F)F)cc3CN)c12.CCc1cc(C(F)(F)F)ncc1-c1cnc(NCc2c(F)ccc3c2CCO3)n2cnc(C(=O)O)c12. The van der Waals surface area contributed by atoms with E-state index in [2.05, 4.69) is 95.6 Å². The molecule has 608 valence electrons. The standard InChI is InChI=1S/C27H22F4N6O2.C26H21F4N7O2.C24H19F4N5O3.C3H5N/c1-3-8-32-25(38)23-24-19(17-11-33-22(27(29,30)31)10-15(17)4-2)13-35-26(37(24)14-36-23)34-12-18-16-7-9-39-21(16)6-5-20(18)28;1-2-6-32-24(38)22-23-18(16-10-33-21(26(28,29)30)8-14(16)9-31)12-35-25(37(23)13-36-22)34-11-17-15-5-7-39-20(15)4-3-19(17)27;1-2-12-7-19(24(26,27)28)29-8-14(12)16-10-31-23(33-11-32-20(21(16)33)22(34)35)30-9-15-13-5-6-36-18(13)4-3-17(15)25;1-2-3-4/h1,5-6,10-11,13-14H,4,7-9,12H2,2H3,(H,32,38)(H,34,35);1,3-4,8,10,12-13H,5-7,9,11,31H2,(H,32,38)(H,34,35);3-4,7-8,10-11H,2,5-6,9H2,1H3,(H,30,31)(H,34,35);1H,3-4H2. The number of carbonyl (C=O) groups excluding carboxylic acids is 2. The van der Waals surface area contributed by atoms with Gasteiger partial charge in [0.2, 0.25) is 17.8 Å². The summed E-state index contributed by atoms with van der Waals surface area (Å²) >= 11 is 0. The van der Waals surface area contributed by atoms with Crippen molar-refractivity contribution in [2.75, 3.05) is 55.4 Å². The second-order valence-electron chi connectivity index (χ2n) is 25.9. The first-order valence-corrected chi connectivity index (χ1v) is 35.8. The molecule has 0 atom stereocenters. The summed E-state index contributed by atoms with van der Waals surface area (Å²) in [7, 11) is 0. The number of carboxylic acids is 1. The van der Waals surface area contributed by atoms with Gasteiger partial charge in [0, 0.05) is 149 Å². The van der Waals surface area contributed by atoms with Crippen molar-refractivity contribution in [1.82, 2.24) is 68.7 Å². The Labute approximate surface area is 662 Å². The molecule has 3 aliphatic heterocycles. The number of terminal acetylenes is 3. The number of ether oxygens (including phenoxy) is 3. The maximum atomic E-state index is 14.7. The largest absolute Gasteiger partial charge is 0.493 e. The Morgan fingerprint density at radius 2 is 0.763 bits per heavy atom. The molecule has 3 aliphatic rings. The third kappa shape index (κ3) is 17.5. The van der Waals surface area contributed by atoms with Gasteiger partial charge >= 0.3 is 24.5 Å². The minimum absolute atomic E-state index is 0.00663. The van der Waals surface area contributed by atoms with Gasteiger partial charge in [-0.2, -0.15) is 39.5 Å². The molecule has 9 aromatic heterocycles. The van der Waals surface area contributed by atoms with Crippen LogP contribution in [0.1, 0.15) is 112 Å².